The summed E-state index contributed by atoms with van der Waals surface area (Å²) in [6.45, 7) is 4.15. The molecular formula is C13H21NO3S2. The number of thiophene rings is 1. The predicted molar refractivity (Wildman–Crippen MR) is 76.8 cm³/mol. The molecule has 1 saturated carbocycles. The van der Waals surface area contributed by atoms with Gasteiger partial charge in [-0.15, -0.1) is 11.3 Å². The molecule has 0 spiro atoms. The van der Waals surface area contributed by atoms with E-state index in [1.165, 1.54) is 11.3 Å². The summed E-state index contributed by atoms with van der Waals surface area (Å²) in [5, 5.41) is 10.4. The Morgan fingerprint density at radius 1 is 1.42 bits per heavy atom. The molecule has 1 aromatic rings. The van der Waals surface area contributed by atoms with E-state index < -0.39 is 15.6 Å². The van der Waals surface area contributed by atoms with Gasteiger partial charge >= 0.3 is 0 Å². The lowest BCUT2D eigenvalue weighted by Gasteiger charge is -2.34. The van der Waals surface area contributed by atoms with Gasteiger partial charge in [0.2, 0.25) is 10.0 Å². The largest absolute Gasteiger partial charge is 0.389 e. The van der Waals surface area contributed by atoms with Crippen LogP contribution in [0.3, 0.4) is 0 Å². The Morgan fingerprint density at radius 3 is 2.58 bits per heavy atom. The van der Waals surface area contributed by atoms with Crippen molar-refractivity contribution in [2.75, 3.05) is 6.54 Å². The summed E-state index contributed by atoms with van der Waals surface area (Å²) in [4.78, 5) is 0.963. The lowest BCUT2D eigenvalue weighted by Crippen LogP contribution is -2.45. The van der Waals surface area contributed by atoms with Gasteiger partial charge in [0.1, 0.15) is 4.21 Å². The van der Waals surface area contributed by atoms with Crippen molar-refractivity contribution in [1.29, 1.82) is 0 Å². The topological polar surface area (TPSA) is 66.4 Å². The first-order chi connectivity index (χ1) is 8.81. The van der Waals surface area contributed by atoms with Crippen molar-refractivity contribution in [1.82, 2.24) is 4.72 Å². The van der Waals surface area contributed by atoms with E-state index in [4.69, 9.17) is 0 Å². The summed E-state index contributed by atoms with van der Waals surface area (Å²) in [6, 6.07) is 3.39. The summed E-state index contributed by atoms with van der Waals surface area (Å²) in [6.07, 6.45) is 3.24. The van der Waals surface area contributed by atoms with Gasteiger partial charge in [0.25, 0.3) is 0 Å². The molecule has 0 amide bonds. The highest BCUT2D eigenvalue weighted by molar-refractivity contribution is 7.91. The van der Waals surface area contributed by atoms with E-state index in [-0.39, 0.29) is 6.54 Å². The zero-order valence-corrected chi connectivity index (χ0v) is 13.0. The van der Waals surface area contributed by atoms with Crippen LogP contribution in [-0.2, 0) is 10.0 Å². The molecule has 0 saturated heterocycles. The van der Waals surface area contributed by atoms with Crippen molar-refractivity contribution in [2.24, 2.45) is 5.92 Å². The molecule has 0 atom stereocenters. The van der Waals surface area contributed by atoms with Crippen LogP contribution in [0.5, 0.6) is 0 Å². The van der Waals surface area contributed by atoms with E-state index >= 15 is 0 Å². The summed E-state index contributed by atoms with van der Waals surface area (Å²) in [7, 11) is -3.48. The molecule has 1 aromatic heterocycles. The molecule has 1 heterocycles. The van der Waals surface area contributed by atoms with E-state index in [2.05, 4.69) is 11.6 Å². The van der Waals surface area contributed by atoms with Gasteiger partial charge in [0, 0.05) is 11.4 Å². The Balaban J connectivity index is 1.98. The molecule has 0 unspecified atom stereocenters. The normalized spacial score (nSPS) is 28.5. The van der Waals surface area contributed by atoms with Crippen LogP contribution in [0.4, 0.5) is 0 Å². The third-order valence-corrected chi connectivity index (χ3v) is 6.67. The maximum absolute atomic E-state index is 12.1. The summed E-state index contributed by atoms with van der Waals surface area (Å²) < 4.78 is 27.0. The number of hydrogen-bond donors (Lipinski definition) is 2. The van der Waals surface area contributed by atoms with Crippen LogP contribution in [0.1, 0.15) is 37.5 Å². The van der Waals surface area contributed by atoms with Crippen molar-refractivity contribution in [3.8, 4) is 0 Å². The Bertz CT molecular complexity index is 528. The maximum atomic E-state index is 12.1. The molecule has 1 aliphatic carbocycles. The van der Waals surface area contributed by atoms with Crippen LogP contribution in [0.15, 0.2) is 16.3 Å². The van der Waals surface area contributed by atoms with Crippen molar-refractivity contribution >= 4 is 21.4 Å². The first kappa shape index (κ1) is 15.0. The molecule has 19 heavy (non-hydrogen) atoms. The minimum absolute atomic E-state index is 0.110. The average molecular weight is 303 g/mol. The SMILES string of the molecule is Cc1ccc(S(=O)(=O)NCC2(O)CCC(C)CC2)s1. The predicted octanol–water partition coefficient (Wildman–Crippen LogP) is 2.28. The smallest absolute Gasteiger partial charge is 0.250 e. The first-order valence-corrected chi connectivity index (χ1v) is 8.89. The minimum atomic E-state index is -3.48. The minimum Gasteiger partial charge on any atom is -0.389 e. The number of nitrogens with one attached hydrogen (secondary N) is 1. The second-order valence-corrected chi connectivity index (χ2v) is 8.88. The highest BCUT2D eigenvalue weighted by Gasteiger charge is 2.33. The number of hydrogen-bond acceptors (Lipinski definition) is 4. The molecule has 4 nitrogen and oxygen atoms in total. The van der Waals surface area contributed by atoms with E-state index in [0.29, 0.717) is 23.0 Å². The van der Waals surface area contributed by atoms with Crippen molar-refractivity contribution < 1.29 is 13.5 Å². The average Bonchev–Trinajstić information content (AvgIpc) is 2.79. The fourth-order valence-electron chi connectivity index (χ4n) is 2.33. The Kier molecular flexibility index (Phi) is 4.35. The van der Waals surface area contributed by atoms with Gasteiger partial charge in [-0.2, -0.15) is 0 Å². The van der Waals surface area contributed by atoms with Crippen molar-refractivity contribution in [3.63, 3.8) is 0 Å². The Morgan fingerprint density at radius 2 is 2.05 bits per heavy atom. The van der Waals surface area contributed by atoms with Crippen LogP contribution in [-0.4, -0.2) is 25.7 Å². The Hall–Kier alpha value is -0.430. The van der Waals surface area contributed by atoms with Crippen molar-refractivity contribution in [3.05, 3.63) is 17.0 Å². The van der Waals surface area contributed by atoms with E-state index in [0.717, 1.165) is 17.7 Å². The molecule has 0 bridgehead atoms. The number of aliphatic hydroxyl groups is 1. The summed E-state index contributed by atoms with van der Waals surface area (Å²) in [5.74, 6) is 0.622. The molecular weight excluding hydrogens is 282 g/mol. The highest BCUT2D eigenvalue weighted by atomic mass is 32.2. The zero-order chi connectivity index (χ0) is 14.1. The third kappa shape index (κ3) is 3.78. The lowest BCUT2D eigenvalue weighted by atomic mass is 9.80. The fraction of sp³-hybridized carbons (Fsp3) is 0.692. The molecule has 0 aromatic carbocycles. The Labute approximate surface area is 118 Å². The first-order valence-electron chi connectivity index (χ1n) is 6.59. The van der Waals surface area contributed by atoms with Gasteiger partial charge in [-0.3, -0.25) is 0 Å². The number of rotatable bonds is 4. The molecule has 108 valence electrons. The molecule has 2 rings (SSSR count). The third-order valence-electron chi connectivity index (χ3n) is 3.78. The van der Waals surface area contributed by atoms with Crippen LogP contribution >= 0.6 is 11.3 Å². The van der Waals surface area contributed by atoms with Gasteiger partial charge in [-0.1, -0.05) is 6.92 Å². The summed E-state index contributed by atoms with van der Waals surface area (Å²) in [5.41, 5.74) is -0.883. The van der Waals surface area contributed by atoms with Crippen LogP contribution < -0.4 is 4.72 Å². The highest BCUT2D eigenvalue weighted by Crippen LogP contribution is 2.31. The molecule has 6 heteroatoms. The van der Waals surface area contributed by atoms with Gasteiger partial charge < -0.3 is 5.11 Å². The molecule has 1 fully saturated rings. The van der Waals surface area contributed by atoms with Crippen molar-refractivity contribution in [2.45, 2.75) is 49.3 Å². The lowest BCUT2D eigenvalue weighted by molar-refractivity contribution is -0.00181. The van der Waals surface area contributed by atoms with E-state index in [1.807, 2.05) is 6.92 Å². The second kappa shape index (κ2) is 5.52. The monoisotopic (exact) mass is 303 g/mol. The molecule has 0 aliphatic heterocycles. The quantitative estimate of drug-likeness (QED) is 0.897. The number of aryl methyl sites for hydroxylation is 1. The molecule has 2 N–H and O–H groups in total. The van der Waals surface area contributed by atoms with Gasteiger partial charge in [0.15, 0.2) is 0 Å². The van der Waals surface area contributed by atoms with E-state index in [1.54, 1.807) is 12.1 Å². The fourth-order valence-corrected chi connectivity index (χ4v) is 4.78. The summed E-state index contributed by atoms with van der Waals surface area (Å²) >= 11 is 1.25. The maximum Gasteiger partial charge on any atom is 0.250 e. The van der Waals surface area contributed by atoms with E-state index in [9.17, 15) is 13.5 Å². The number of sulfonamides is 1. The second-order valence-electron chi connectivity index (χ2n) is 5.60. The van der Waals surface area contributed by atoms with Crippen LogP contribution in [0, 0.1) is 12.8 Å². The standard InChI is InChI=1S/C13H21NO3S2/c1-10-5-7-13(15,8-6-10)9-14-19(16,17)12-4-3-11(2)18-12/h3-4,10,14-15H,5-9H2,1-2H3. The molecule has 0 radical (unpaired) electrons. The van der Waals surface area contributed by atoms with Gasteiger partial charge in [-0.05, 0) is 50.7 Å². The van der Waals surface area contributed by atoms with Gasteiger partial charge in [0.05, 0.1) is 5.60 Å². The molecule has 1 aliphatic rings. The zero-order valence-electron chi connectivity index (χ0n) is 11.3. The van der Waals surface area contributed by atoms with Crippen LogP contribution in [0.25, 0.3) is 0 Å². The van der Waals surface area contributed by atoms with Crippen LogP contribution in [0.2, 0.25) is 0 Å². The van der Waals surface area contributed by atoms with Gasteiger partial charge in [-0.25, -0.2) is 13.1 Å².